The van der Waals surface area contributed by atoms with Crippen LogP contribution in [0.5, 0.6) is 0 Å². The highest BCUT2D eigenvalue weighted by molar-refractivity contribution is 5.95. The quantitative estimate of drug-likeness (QED) is 0.867. The van der Waals surface area contributed by atoms with Crippen LogP contribution in [-0.4, -0.2) is 35.7 Å². The van der Waals surface area contributed by atoms with E-state index in [2.05, 4.69) is 11.4 Å². The van der Waals surface area contributed by atoms with E-state index in [-0.39, 0.29) is 17.7 Å². The van der Waals surface area contributed by atoms with Crippen molar-refractivity contribution in [3.05, 3.63) is 53.5 Å². The number of nitriles is 1. The third-order valence-electron chi connectivity index (χ3n) is 4.42. The molecule has 0 atom stereocenters. The number of anilines is 1. The van der Waals surface area contributed by atoms with Crippen LogP contribution in [-0.2, 0) is 0 Å². The molecule has 6 heteroatoms. The largest absolute Gasteiger partial charge is 0.459 e. The maximum Gasteiger partial charge on any atom is 0.289 e. The van der Waals surface area contributed by atoms with Gasteiger partial charge in [0.2, 0.25) is 0 Å². The van der Waals surface area contributed by atoms with Crippen molar-refractivity contribution in [1.82, 2.24) is 4.90 Å². The van der Waals surface area contributed by atoms with Crippen LogP contribution in [0, 0.1) is 11.3 Å². The molecular formula is C19H19N3O3. The number of hydrogen-bond acceptors (Lipinski definition) is 5. The number of nitrogens with one attached hydrogen (secondary N) is 1. The second kappa shape index (κ2) is 7.22. The predicted octanol–water partition coefficient (Wildman–Crippen LogP) is 3.07. The Hall–Kier alpha value is -3.07. The van der Waals surface area contributed by atoms with Gasteiger partial charge in [0.1, 0.15) is 6.07 Å². The van der Waals surface area contributed by atoms with Crippen molar-refractivity contribution >= 4 is 17.4 Å². The van der Waals surface area contributed by atoms with Crippen LogP contribution in [0.2, 0.25) is 0 Å². The summed E-state index contributed by atoms with van der Waals surface area (Å²) in [5, 5.41) is 12.6. The van der Waals surface area contributed by atoms with Crippen molar-refractivity contribution in [2.24, 2.45) is 0 Å². The van der Waals surface area contributed by atoms with Crippen molar-refractivity contribution in [3.63, 3.8) is 0 Å². The van der Waals surface area contributed by atoms with E-state index in [1.807, 2.05) is 0 Å². The number of benzene rings is 1. The summed E-state index contributed by atoms with van der Waals surface area (Å²) in [6, 6.07) is 10.7. The lowest BCUT2D eigenvalue weighted by molar-refractivity contribution is 0.0686. The van der Waals surface area contributed by atoms with Crippen molar-refractivity contribution in [2.45, 2.75) is 25.8 Å². The van der Waals surface area contributed by atoms with Gasteiger partial charge in [0.25, 0.3) is 5.91 Å². The van der Waals surface area contributed by atoms with Crippen LogP contribution in [0.1, 0.15) is 46.2 Å². The molecule has 1 N–H and O–H groups in total. The van der Waals surface area contributed by atoms with E-state index in [0.29, 0.717) is 35.7 Å². The zero-order valence-electron chi connectivity index (χ0n) is 14.0. The molecule has 0 spiro atoms. The molecule has 0 saturated carbocycles. The van der Waals surface area contributed by atoms with Gasteiger partial charge in [-0.1, -0.05) is 0 Å². The van der Waals surface area contributed by atoms with E-state index in [4.69, 9.17) is 4.42 Å². The van der Waals surface area contributed by atoms with Crippen LogP contribution in [0.15, 0.2) is 41.0 Å². The molecule has 0 bridgehead atoms. The molecule has 2 aromatic rings. The van der Waals surface area contributed by atoms with Crippen molar-refractivity contribution < 1.29 is 14.0 Å². The molecule has 1 amide bonds. The summed E-state index contributed by atoms with van der Waals surface area (Å²) >= 11 is 0. The van der Waals surface area contributed by atoms with Gasteiger partial charge in [-0.2, -0.15) is 5.26 Å². The molecule has 1 aliphatic rings. The fraction of sp³-hybridized carbons (Fsp3) is 0.316. The maximum absolute atomic E-state index is 12.3. The summed E-state index contributed by atoms with van der Waals surface area (Å²) < 4.78 is 5.16. The van der Waals surface area contributed by atoms with Crippen molar-refractivity contribution in [2.75, 3.05) is 18.4 Å². The van der Waals surface area contributed by atoms with E-state index in [9.17, 15) is 14.9 Å². The summed E-state index contributed by atoms with van der Waals surface area (Å²) in [6.07, 6.45) is 3.02. The van der Waals surface area contributed by atoms with E-state index in [1.165, 1.54) is 13.2 Å². The number of nitrogens with zero attached hydrogens (tertiary/aromatic N) is 2. The minimum atomic E-state index is -0.0975. The predicted molar refractivity (Wildman–Crippen MR) is 92.4 cm³/mol. The first kappa shape index (κ1) is 16.8. The van der Waals surface area contributed by atoms with Crippen molar-refractivity contribution in [3.8, 4) is 6.07 Å². The smallest absolute Gasteiger partial charge is 0.289 e. The number of likely N-dealkylation sites (tertiary alicyclic amines) is 1. The lowest BCUT2D eigenvalue weighted by atomic mass is 10.0. The average molecular weight is 337 g/mol. The van der Waals surface area contributed by atoms with E-state index in [1.54, 1.807) is 35.2 Å². The molecule has 3 rings (SSSR count). The van der Waals surface area contributed by atoms with Gasteiger partial charge < -0.3 is 14.6 Å². The number of Topliss-reactive ketones (excluding diaryl/α,β-unsaturated/α-hetero) is 1. The number of hydrogen-bond donors (Lipinski definition) is 1. The zero-order valence-corrected chi connectivity index (χ0v) is 14.0. The third-order valence-corrected chi connectivity index (χ3v) is 4.42. The highest BCUT2D eigenvalue weighted by Crippen LogP contribution is 2.22. The van der Waals surface area contributed by atoms with Gasteiger partial charge >= 0.3 is 0 Å². The Bertz CT molecular complexity index is 813. The molecule has 128 valence electrons. The van der Waals surface area contributed by atoms with E-state index < -0.39 is 0 Å². The number of rotatable bonds is 4. The van der Waals surface area contributed by atoms with Gasteiger partial charge in [-0.25, -0.2) is 0 Å². The fourth-order valence-corrected chi connectivity index (χ4v) is 2.98. The van der Waals surface area contributed by atoms with Gasteiger partial charge in [0, 0.05) is 24.7 Å². The Morgan fingerprint density at radius 1 is 1.28 bits per heavy atom. The molecule has 2 heterocycles. The number of ketones is 1. The van der Waals surface area contributed by atoms with Gasteiger partial charge in [-0.3, -0.25) is 9.59 Å². The topological polar surface area (TPSA) is 86.3 Å². The zero-order chi connectivity index (χ0) is 17.8. The van der Waals surface area contributed by atoms with E-state index >= 15 is 0 Å². The third kappa shape index (κ3) is 3.72. The molecule has 1 aliphatic heterocycles. The van der Waals surface area contributed by atoms with Crippen molar-refractivity contribution in [1.29, 1.82) is 5.26 Å². The van der Waals surface area contributed by atoms with Crippen LogP contribution in [0.3, 0.4) is 0 Å². The molecule has 25 heavy (non-hydrogen) atoms. The summed E-state index contributed by atoms with van der Waals surface area (Å²) in [5.74, 6) is 0.221. The number of carbonyl (C=O) groups is 2. The maximum atomic E-state index is 12.3. The van der Waals surface area contributed by atoms with Gasteiger partial charge in [0.05, 0.1) is 17.5 Å². The minimum Gasteiger partial charge on any atom is -0.459 e. The summed E-state index contributed by atoms with van der Waals surface area (Å²) in [7, 11) is 0. The highest BCUT2D eigenvalue weighted by Gasteiger charge is 2.25. The van der Waals surface area contributed by atoms with E-state index in [0.717, 1.165) is 12.8 Å². The van der Waals surface area contributed by atoms with Crippen LogP contribution in [0.25, 0.3) is 0 Å². The molecule has 1 aromatic carbocycles. The number of furan rings is 1. The molecule has 0 unspecified atom stereocenters. The second-order valence-electron chi connectivity index (χ2n) is 6.12. The summed E-state index contributed by atoms with van der Waals surface area (Å²) in [4.78, 5) is 25.6. The van der Waals surface area contributed by atoms with Gasteiger partial charge in [-0.05, 0) is 50.1 Å². The molecule has 1 aromatic heterocycles. The highest BCUT2D eigenvalue weighted by atomic mass is 16.3. The molecule has 1 saturated heterocycles. The van der Waals surface area contributed by atoms with Gasteiger partial charge in [-0.15, -0.1) is 0 Å². The molecule has 6 nitrogen and oxygen atoms in total. The lowest BCUT2D eigenvalue weighted by Crippen LogP contribution is -2.42. The van der Waals surface area contributed by atoms with Crippen LogP contribution < -0.4 is 5.32 Å². The SMILES string of the molecule is CC(=O)c1ccc(C#N)c(NC2CCN(C(=O)c3ccco3)CC2)c1. The molecule has 1 fully saturated rings. The lowest BCUT2D eigenvalue weighted by Gasteiger charge is -2.32. The van der Waals surface area contributed by atoms with Gasteiger partial charge in [0.15, 0.2) is 11.5 Å². The standard InChI is InChI=1S/C19H19N3O3/c1-13(23)14-4-5-15(12-20)17(11-14)21-16-6-8-22(9-7-16)19(24)18-3-2-10-25-18/h2-5,10-11,16,21H,6-9H2,1H3. The Labute approximate surface area is 146 Å². The summed E-state index contributed by atoms with van der Waals surface area (Å²) in [6.45, 7) is 2.74. The fourth-order valence-electron chi connectivity index (χ4n) is 2.98. The van der Waals surface area contributed by atoms with Crippen LogP contribution in [0.4, 0.5) is 5.69 Å². The molecular weight excluding hydrogens is 318 g/mol. The first-order valence-electron chi connectivity index (χ1n) is 8.23. The average Bonchev–Trinajstić information content (AvgIpc) is 3.16. The Kier molecular flexibility index (Phi) is 4.85. The van der Waals surface area contributed by atoms with Crippen LogP contribution >= 0.6 is 0 Å². The number of amides is 1. The Balaban J connectivity index is 1.64. The first-order chi connectivity index (χ1) is 12.1. The summed E-state index contributed by atoms with van der Waals surface area (Å²) in [5.41, 5.74) is 1.76. The number of carbonyl (C=O) groups excluding carboxylic acids is 2. The monoisotopic (exact) mass is 337 g/mol. The Morgan fingerprint density at radius 3 is 2.64 bits per heavy atom. The Morgan fingerprint density at radius 2 is 2.04 bits per heavy atom. The number of piperidine rings is 1. The molecule has 0 aliphatic carbocycles. The first-order valence-corrected chi connectivity index (χ1v) is 8.23. The minimum absolute atomic E-state index is 0.0357. The molecule has 0 radical (unpaired) electrons. The second-order valence-corrected chi connectivity index (χ2v) is 6.12. The normalized spacial score (nSPS) is 14.8.